The molecular weight excluding hydrogens is 402 g/mol. The van der Waals surface area contributed by atoms with E-state index in [0.29, 0.717) is 30.0 Å². The fourth-order valence-electron chi connectivity index (χ4n) is 3.78. The average Bonchev–Trinajstić information content (AvgIpc) is 3.05. The number of amides is 1. The van der Waals surface area contributed by atoms with Crippen LogP contribution in [0.3, 0.4) is 0 Å². The molecule has 28 heavy (non-hydrogen) atoms. The lowest BCUT2D eigenvalue weighted by molar-refractivity contribution is -0.120. The van der Waals surface area contributed by atoms with Crippen molar-refractivity contribution in [2.75, 3.05) is 39.6 Å². The van der Waals surface area contributed by atoms with Crippen LogP contribution in [0.15, 0.2) is 0 Å². The van der Waals surface area contributed by atoms with Crippen molar-refractivity contribution in [2.24, 2.45) is 5.92 Å². The molecule has 0 spiro atoms. The van der Waals surface area contributed by atoms with Crippen molar-refractivity contribution >= 4 is 38.4 Å². The monoisotopic (exact) mass is 429 g/mol. The number of methoxy groups -OCH3 is 1. The van der Waals surface area contributed by atoms with Gasteiger partial charge >= 0.3 is 5.97 Å². The molecule has 1 fully saturated rings. The van der Waals surface area contributed by atoms with Gasteiger partial charge in [-0.05, 0) is 44.1 Å². The highest BCUT2D eigenvalue weighted by Gasteiger charge is 2.35. The maximum Gasteiger partial charge on any atom is 0.341 e. The zero-order valence-electron chi connectivity index (χ0n) is 16.5. The molecule has 3 rings (SSSR count). The van der Waals surface area contributed by atoms with Crippen molar-refractivity contribution < 1.29 is 22.7 Å². The second-order valence-electron chi connectivity index (χ2n) is 7.38. The summed E-state index contributed by atoms with van der Waals surface area (Å²) < 4.78 is 32.2. The second kappa shape index (κ2) is 8.48. The van der Waals surface area contributed by atoms with Gasteiger partial charge in [0.05, 0.1) is 18.6 Å². The van der Waals surface area contributed by atoms with E-state index >= 15 is 0 Å². The quantitative estimate of drug-likeness (QED) is 0.721. The number of thiophene rings is 1. The molecular formula is C18H27N3O5S2. The van der Waals surface area contributed by atoms with Crippen LogP contribution in [0.1, 0.15) is 46.5 Å². The van der Waals surface area contributed by atoms with Crippen LogP contribution in [0, 0.1) is 5.92 Å². The molecule has 1 amide bonds. The minimum absolute atomic E-state index is 0.144. The third kappa shape index (κ3) is 4.10. The van der Waals surface area contributed by atoms with Crippen LogP contribution < -0.4 is 5.32 Å². The lowest BCUT2D eigenvalue weighted by Crippen LogP contribution is -2.47. The minimum Gasteiger partial charge on any atom is -0.465 e. The number of fused-ring (bicyclic) bond motifs is 1. The number of carbonyl (C=O) groups is 2. The van der Waals surface area contributed by atoms with Crippen molar-refractivity contribution in [1.29, 1.82) is 0 Å². The van der Waals surface area contributed by atoms with Crippen molar-refractivity contribution in [3.8, 4) is 0 Å². The van der Waals surface area contributed by atoms with Crippen molar-refractivity contribution in [2.45, 2.75) is 38.5 Å². The van der Waals surface area contributed by atoms with E-state index in [-0.39, 0.29) is 12.5 Å². The van der Waals surface area contributed by atoms with Crippen LogP contribution in [0.2, 0.25) is 0 Å². The lowest BCUT2D eigenvalue weighted by atomic mass is 9.95. The molecule has 2 heterocycles. The van der Waals surface area contributed by atoms with Gasteiger partial charge in [0, 0.05) is 32.1 Å². The minimum atomic E-state index is -3.55. The molecule has 0 bridgehead atoms. The number of piperidine rings is 1. The average molecular weight is 430 g/mol. The molecule has 2 aliphatic rings. The summed E-state index contributed by atoms with van der Waals surface area (Å²) in [5.41, 5.74) is 1.45. The molecule has 1 aliphatic carbocycles. The zero-order valence-corrected chi connectivity index (χ0v) is 18.1. The van der Waals surface area contributed by atoms with Crippen LogP contribution in [0.25, 0.3) is 0 Å². The van der Waals surface area contributed by atoms with E-state index in [1.54, 1.807) is 0 Å². The normalized spacial score (nSPS) is 20.6. The van der Waals surface area contributed by atoms with E-state index < -0.39 is 22.1 Å². The van der Waals surface area contributed by atoms with Crippen LogP contribution in [-0.2, 0) is 32.6 Å². The smallest absolute Gasteiger partial charge is 0.341 e. The van der Waals surface area contributed by atoms with E-state index in [4.69, 9.17) is 4.74 Å². The first-order valence-electron chi connectivity index (χ1n) is 9.47. The van der Waals surface area contributed by atoms with Gasteiger partial charge in [0.25, 0.3) is 10.2 Å². The molecule has 0 aromatic carbocycles. The molecule has 8 nitrogen and oxygen atoms in total. The Morgan fingerprint density at radius 1 is 1.21 bits per heavy atom. The Kier molecular flexibility index (Phi) is 6.43. The van der Waals surface area contributed by atoms with Gasteiger partial charge in [0.15, 0.2) is 0 Å². The van der Waals surface area contributed by atoms with E-state index in [0.717, 1.165) is 40.4 Å². The highest BCUT2D eigenvalue weighted by molar-refractivity contribution is 7.86. The molecule has 0 radical (unpaired) electrons. The molecule has 1 aromatic rings. The largest absolute Gasteiger partial charge is 0.465 e. The van der Waals surface area contributed by atoms with Crippen LogP contribution in [-0.4, -0.2) is 63.2 Å². The summed E-state index contributed by atoms with van der Waals surface area (Å²) in [5.74, 6) is -1.13. The van der Waals surface area contributed by atoms with Gasteiger partial charge in [-0.1, -0.05) is 0 Å². The fraction of sp³-hybridized carbons (Fsp3) is 0.667. The Bertz CT molecular complexity index is 863. The van der Waals surface area contributed by atoms with Crippen LogP contribution in [0.4, 0.5) is 5.00 Å². The Balaban J connectivity index is 1.79. The van der Waals surface area contributed by atoms with Crippen molar-refractivity contribution in [3.63, 3.8) is 0 Å². The van der Waals surface area contributed by atoms with E-state index in [9.17, 15) is 18.0 Å². The summed E-state index contributed by atoms with van der Waals surface area (Å²) in [6, 6.07) is 0. The first-order chi connectivity index (χ1) is 13.3. The summed E-state index contributed by atoms with van der Waals surface area (Å²) in [5, 5.41) is 3.42. The van der Waals surface area contributed by atoms with E-state index in [1.165, 1.54) is 36.8 Å². The van der Waals surface area contributed by atoms with E-state index in [1.807, 2.05) is 0 Å². The SMILES string of the molecule is COC(=O)c1c(NC(=O)C2CCCN(S(=O)(=O)N(C)C)C2)sc2c1CCCC2. The maximum absolute atomic E-state index is 12.9. The van der Waals surface area contributed by atoms with Gasteiger partial charge in [-0.3, -0.25) is 4.79 Å². The van der Waals surface area contributed by atoms with Gasteiger partial charge in [-0.25, -0.2) is 4.79 Å². The summed E-state index contributed by atoms with van der Waals surface area (Å²) >= 11 is 1.44. The van der Waals surface area contributed by atoms with Crippen molar-refractivity contribution in [1.82, 2.24) is 8.61 Å². The van der Waals surface area contributed by atoms with Gasteiger partial charge in [0.1, 0.15) is 5.00 Å². The number of nitrogens with zero attached hydrogens (tertiary/aromatic N) is 2. The van der Waals surface area contributed by atoms with Gasteiger partial charge in [0.2, 0.25) is 5.91 Å². The summed E-state index contributed by atoms with van der Waals surface area (Å²) in [6.07, 6.45) is 5.03. The van der Waals surface area contributed by atoms with E-state index in [2.05, 4.69) is 5.32 Å². The van der Waals surface area contributed by atoms with Crippen molar-refractivity contribution in [3.05, 3.63) is 16.0 Å². The molecule has 156 valence electrons. The number of rotatable bonds is 5. The predicted molar refractivity (Wildman–Crippen MR) is 108 cm³/mol. The third-order valence-electron chi connectivity index (χ3n) is 5.34. The molecule has 1 aliphatic heterocycles. The first-order valence-corrected chi connectivity index (χ1v) is 11.7. The van der Waals surface area contributed by atoms with Crippen LogP contribution >= 0.6 is 11.3 Å². The number of esters is 1. The topological polar surface area (TPSA) is 96.0 Å². The fourth-order valence-corrected chi connectivity index (χ4v) is 6.25. The zero-order chi connectivity index (χ0) is 20.5. The molecule has 1 saturated heterocycles. The molecule has 1 aromatic heterocycles. The molecule has 1 atom stereocenters. The lowest BCUT2D eigenvalue weighted by Gasteiger charge is -2.32. The van der Waals surface area contributed by atoms with Gasteiger partial charge < -0.3 is 10.1 Å². The number of hydrogen-bond acceptors (Lipinski definition) is 6. The maximum atomic E-state index is 12.9. The highest BCUT2D eigenvalue weighted by atomic mass is 32.2. The number of carbonyl (C=O) groups excluding carboxylic acids is 2. The summed E-state index contributed by atoms with van der Waals surface area (Å²) in [7, 11) is 0.755. The highest BCUT2D eigenvalue weighted by Crippen LogP contribution is 2.39. The Hall–Kier alpha value is -1.49. The molecule has 1 N–H and O–H groups in total. The Labute approximate surface area is 170 Å². The number of hydrogen-bond donors (Lipinski definition) is 1. The first kappa shape index (κ1) is 21.2. The molecule has 10 heteroatoms. The third-order valence-corrected chi connectivity index (χ3v) is 8.45. The Morgan fingerprint density at radius 3 is 2.61 bits per heavy atom. The number of anilines is 1. The molecule has 1 unspecified atom stereocenters. The number of aryl methyl sites for hydroxylation is 1. The summed E-state index contributed by atoms with van der Waals surface area (Å²) in [6.45, 7) is 0.552. The Morgan fingerprint density at radius 2 is 1.93 bits per heavy atom. The standard InChI is InChI=1S/C18H27N3O5S2/c1-20(2)28(24,25)21-10-6-7-12(11-21)16(22)19-17-15(18(23)26-3)13-8-4-5-9-14(13)27-17/h12H,4-11H2,1-3H3,(H,19,22). The second-order valence-corrected chi connectivity index (χ2v) is 10.6. The van der Waals surface area contributed by atoms with Gasteiger partial charge in [-0.15, -0.1) is 11.3 Å². The predicted octanol–water partition coefficient (Wildman–Crippen LogP) is 1.87. The number of ether oxygens (including phenoxy) is 1. The number of nitrogens with one attached hydrogen (secondary N) is 1. The summed E-state index contributed by atoms with van der Waals surface area (Å²) in [4.78, 5) is 26.3. The molecule has 0 saturated carbocycles. The van der Waals surface area contributed by atoms with Crippen LogP contribution in [0.5, 0.6) is 0 Å². The van der Waals surface area contributed by atoms with Gasteiger partial charge in [-0.2, -0.15) is 17.0 Å².